The quantitative estimate of drug-likeness (QED) is 0.504. The number of rotatable bonds is 8. The molecule has 7 heteroatoms. The largest absolute Gasteiger partial charge is 0.376 e. The van der Waals surface area contributed by atoms with Crippen molar-refractivity contribution in [3.8, 4) is 0 Å². The fourth-order valence-corrected chi connectivity index (χ4v) is 5.95. The second-order valence-electron chi connectivity index (χ2n) is 9.34. The molecule has 0 spiro atoms. The van der Waals surface area contributed by atoms with Gasteiger partial charge in [0, 0.05) is 31.3 Å². The van der Waals surface area contributed by atoms with Gasteiger partial charge in [-0.25, -0.2) is 8.42 Å². The van der Waals surface area contributed by atoms with E-state index in [0.717, 1.165) is 34.5 Å². The van der Waals surface area contributed by atoms with Gasteiger partial charge in [0.1, 0.15) is 0 Å². The number of ether oxygens (including phenoxy) is 1. The van der Waals surface area contributed by atoms with E-state index in [9.17, 15) is 13.2 Å². The van der Waals surface area contributed by atoms with E-state index in [-0.39, 0.29) is 11.8 Å². The van der Waals surface area contributed by atoms with Gasteiger partial charge in [0.2, 0.25) is 15.9 Å². The van der Waals surface area contributed by atoms with Gasteiger partial charge in [-0.3, -0.25) is 4.79 Å². The Labute approximate surface area is 201 Å². The number of fused-ring (bicyclic) bond motifs is 1. The summed E-state index contributed by atoms with van der Waals surface area (Å²) >= 11 is 0. The Morgan fingerprint density at radius 3 is 2.44 bits per heavy atom. The summed E-state index contributed by atoms with van der Waals surface area (Å²) < 4.78 is 33.6. The molecule has 0 bridgehead atoms. The number of nitrogens with zero attached hydrogens (tertiary/aromatic N) is 1. The molecule has 3 aromatic carbocycles. The zero-order chi connectivity index (χ0) is 23.5. The van der Waals surface area contributed by atoms with Crippen molar-refractivity contribution in [3.63, 3.8) is 0 Å². The van der Waals surface area contributed by atoms with E-state index in [4.69, 9.17) is 4.74 Å². The molecule has 6 nitrogen and oxygen atoms in total. The van der Waals surface area contributed by atoms with E-state index < -0.39 is 10.0 Å². The maximum absolute atomic E-state index is 13.2. The fourth-order valence-electron chi connectivity index (χ4n) is 4.45. The zero-order valence-electron chi connectivity index (χ0n) is 19.2. The van der Waals surface area contributed by atoms with Gasteiger partial charge in [0.15, 0.2) is 0 Å². The lowest BCUT2D eigenvalue weighted by Gasteiger charge is -2.30. The summed E-state index contributed by atoms with van der Waals surface area (Å²) in [4.78, 5) is 13.2. The number of carbonyl (C=O) groups excluding carboxylic acids is 1. The highest BCUT2D eigenvalue weighted by molar-refractivity contribution is 7.89. The molecule has 5 rings (SSSR count). The third-order valence-corrected chi connectivity index (χ3v) is 8.59. The van der Waals surface area contributed by atoms with Crippen molar-refractivity contribution in [2.24, 2.45) is 11.8 Å². The van der Waals surface area contributed by atoms with E-state index >= 15 is 0 Å². The molecule has 0 aromatic heterocycles. The molecule has 1 N–H and O–H groups in total. The van der Waals surface area contributed by atoms with Crippen molar-refractivity contribution in [3.05, 3.63) is 72.3 Å². The Morgan fingerprint density at radius 2 is 1.68 bits per heavy atom. The monoisotopic (exact) mass is 478 g/mol. The predicted molar refractivity (Wildman–Crippen MR) is 133 cm³/mol. The highest BCUT2D eigenvalue weighted by Crippen LogP contribution is 2.29. The van der Waals surface area contributed by atoms with Crippen LogP contribution in [0.2, 0.25) is 0 Å². The number of sulfonamides is 1. The number of anilines is 1. The first-order valence-corrected chi connectivity index (χ1v) is 13.4. The van der Waals surface area contributed by atoms with Gasteiger partial charge >= 0.3 is 0 Å². The Bertz CT molecular complexity index is 1280. The van der Waals surface area contributed by atoms with Crippen LogP contribution in [0.25, 0.3) is 10.8 Å². The van der Waals surface area contributed by atoms with Crippen LogP contribution in [0.3, 0.4) is 0 Å². The van der Waals surface area contributed by atoms with Crippen molar-refractivity contribution < 1.29 is 17.9 Å². The third-order valence-electron chi connectivity index (χ3n) is 6.70. The standard InChI is InChI=1S/C27H30N2O4S/c30-27(28-25-7-3-4-21(16-25)19-33-18-20-8-9-20)23-12-14-29(15-13-23)34(31,32)26-11-10-22-5-1-2-6-24(22)17-26/h1-7,10-11,16-17,20,23H,8-9,12-15,18-19H2,(H,28,30). The maximum atomic E-state index is 13.2. The molecule has 1 heterocycles. The first-order chi connectivity index (χ1) is 16.5. The number of amides is 1. The van der Waals surface area contributed by atoms with Gasteiger partial charge in [-0.1, -0.05) is 42.5 Å². The highest BCUT2D eigenvalue weighted by Gasteiger charge is 2.32. The summed E-state index contributed by atoms with van der Waals surface area (Å²) in [5, 5.41) is 4.92. The number of hydrogen-bond donors (Lipinski definition) is 1. The van der Waals surface area contributed by atoms with Crippen LogP contribution in [0.15, 0.2) is 71.6 Å². The molecule has 1 saturated heterocycles. The molecule has 1 aliphatic heterocycles. The summed E-state index contributed by atoms with van der Waals surface area (Å²) in [5.41, 5.74) is 1.79. The average molecular weight is 479 g/mol. The van der Waals surface area contributed by atoms with Gasteiger partial charge in [-0.15, -0.1) is 0 Å². The lowest BCUT2D eigenvalue weighted by Crippen LogP contribution is -2.41. The van der Waals surface area contributed by atoms with Crippen LogP contribution in [0.5, 0.6) is 0 Å². The Morgan fingerprint density at radius 1 is 0.912 bits per heavy atom. The molecule has 0 radical (unpaired) electrons. The number of hydrogen-bond acceptors (Lipinski definition) is 4. The van der Waals surface area contributed by atoms with Crippen molar-refractivity contribution in [2.75, 3.05) is 25.0 Å². The molecule has 1 amide bonds. The molecule has 178 valence electrons. The van der Waals surface area contributed by atoms with Gasteiger partial charge in [0.05, 0.1) is 11.5 Å². The molecule has 0 atom stereocenters. The molecule has 1 saturated carbocycles. The van der Waals surface area contributed by atoms with E-state index in [0.29, 0.717) is 37.4 Å². The molecular formula is C27H30N2O4S. The van der Waals surface area contributed by atoms with Crippen molar-refractivity contribution in [1.29, 1.82) is 0 Å². The smallest absolute Gasteiger partial charge is 0.243 e. The summed E-state index contributed by atoms with van der Waals surface area (Å²) in [6.07, 6.45) is 3.53. The van der Waals surface area contributed by atoms with Gasteiger partial charge in [-0.05, 0) is 72.2 Å². The number of piperidine rings is 1. The number of nitrogens with one attached hydrogen (secondary N) is 1. The third kappa shape index (κ3) is 5.32. The lowest BCUT2D eigenvalue weighted by atomic mass is 9.97. The molecule has 0 unspecified atom stereocenters. The molecule has 2 fully saturated rings. The van der Waals surface area contributed by atoms with Gasteiger partial charge < -0.3 is 10.1 Å². The Hall–Kier alpha value is -2.74. The first-order valence-electron chi connectivity index (χ1n) is 12.0. The first kappa shape index (κ1) is 23.0. The van der Waals surface area contributed by atoms with E-state index in [1.165, 1.54) is 17.1 Å². The van der Waals surface area contributed by atoms with E-state index in [1.807, 2.05) is 54.6 Å². The summed E-state index contributed by atoms with van der Waals surface area (Å²) in [6, 6.07) is 20.7. The lowest BCUT2D eigenvalue weighted by molar-refractivity contribution is -0.120. The van der Waals surface area contributed by atoms with Crippen molar-refractivity contribution >= 4 is 32.4 Å². The Balaban J connectivity index is 1.17. The van der Waals surface area contributed by atoms with Crippen LogP contribution in [0.4, 0.5) is 5.69 Å². The average Bonchev–Trinajstić information content (AvgIpc) is 3.68. The van der Waals surface area contributed by atoms with E-state index in [2.05, 4.69) is 5.32 Å². The van der Waals surface area contributed by atoms with Crippen LogP contribution in [-0.2, 0) is 26.2 Å². The van der Waals surface area contributed by atoms with Gasteiger partial charge in [-0.2, -0.15) is 4.31 Å². The van der Waals surface area contributed by atoms with E-state index in [1.54, 1.807) is 12.1 Å². The minimum absolute atomic E-state index is 0.0567. The van der Waals surface area contributed by atoms with Crippen LogP contribution < -0.4 is 5.32 Å². The van der Waals surface area contributed by atoms with Gasteiger partial charge in [0.25, 0.3) is 0 Å². The fraction of sp³-hybridized carbons (Fsp3) is 0.370. The van der Waals surface area contributed by atoms with Crippen LogP contribution >= 0.6 is 0 Å². The second kappa shape index (κ2) is 9.86. The number of benzene rings is 3. The number of carbonyl (C=O) groups is 1. The summed E-state index contributed by atoms with van der Waals surface area (Å²) in [7, 11) is -3.59. The summed E-state index contributed by atoms with van der Waals surface area (Å²) in [5.74, 6) is 0.454. The maximum Gasteiger partial charge on any atom is 0.243 e. The van der Waals surface area contributed by atoms with Crippen LogP contribution in [0.1, 0.15) is 31.2 Å². The second-order valence-corrected chi connectivity index (χ2v) is 11.3. The topological polar surface area (TPSA) is 75.7 Å². The minimum atomic E-state index is -3.59. The molecule has 2 aliphatic rings. The predicted octanol–water partition coefficient (Wildman–Crippen LogP) is 4.81. The summed E-state index contributed by atoms with van der Waals surface area (Å²) in [6.45, 7) is 2.02. The van der Waals surface area contributed by atoms with Crippen LogP contribution in [-0.4, -0.2) is 38.3 Å². The van der Waals surface area contributed by atoms with Crippen molar-refractivity contribution in [2.45, 2.75) is 37.2 Å². The SMILES string of the molecule is O=C(Nc1cccc(COCC2CC2)c1)C1CCN(S(=O)(=O)c2ccc3ccccc3c2)CC1. The Kier molecular flexibility index (Phi) is 6.68. The minimum Gasteiger partial charge on any atom is -0.376 e. The highest BCUT2D eigenvalue weighted by atomic mass is 32.2. The molecule has 1 aliphatic carbocycles. The van der Waals surface area contributed by atoms with Crippen LogP contribution in [0, 0.1) is 11.8 Å². The molecule has 3 aromatic rings. The molecular weight excluding hydrogens is 448 g/mol. The van der Waals surface area contributed by atoms with Crippen molar-refractivity contribution in [1.82, 2.24) is 4.31 Å². The normalized spacial score (nSPS) is 17.6. The zero-order valence-corrected chi connectivity index (χ0v) is 20.0. The molecule has 34 heavy (non-hydrogen) atoms.